The Balaban J connectivity index is 1.78. The summed E-state index contributed by atoms with van der Waals surface area (Å²) in [7, 11) is -3.74. The Morgan fingerprint density at radius 1 is 1.21 bits per heavy atom. The van der Waals surface area contributed by atoms with Crippen molar-refractivity contribution in [3.63, 3.8) is 0 Å². The normalized spacial score (nSPS) is 18.4. The van der Waals surface area contributed by atoms with Crippen LogP contribution in [0.2, 0.25) is 4.34 Å². The smallest absolute Gasteiger partial charge is 0.250 e. The molecule has 0 bridgehead atoms. The third-order valence-electron chi connectivity index (χ3n) is 4.12. The van der Waals surface area contributed by atoms with Crippen molar-refractivity contribution < 1.29 is 13.2 Å². The summed E-state index contributed by atoms with van der Waals surface area (Å²) in [5.41, 5.74) is 3.04. The summed E-state index contributed by atoms with van der Waals surface area (Å²) in [4.78, 5) is 14.2. The highest BCUT2D eigenvalue weighted by molar-refractivity contribution is 7.91. The zero-order valence-corrected chi connectivity index (χ0v) is 15.6. The first-order valence-electron chi connectivity index (χ1n) is 7.44. The lowest BCUT2D eigenvalue weighted by atomic mass is 10.1. The largest absolute Gasteiger partial charge is 0.311 e. The van der Waals surface area contributed by atoms with Gasteiger partial charge in [-0.05, 0) is 55.7 Å². The van der Waals surface area contributed by atoms with Crippen LogP contribution in [0, 0.1) is 13.8 Å². The quantitative estimate of drug-likeness (QED) is 0.880. The third-order valence-corrected chi connectivity index (χ3v) is 7.31. The molecule has 0 aliphatic carbocycles. The van der Waals surface area contributed by atoms with Crippen LogP contribution in [0.3, 0.4) is 0 Å². The van der Waals surface area contributed by atoms with Crippen molar-refractivity contribution in [2.45, 2.75) is 30.5 Å². The molecule has 1 saturated heterocycles. The van der Waals surface area contributed by atoms with Gasteiger partial charge in [-0.3, -0.25) is 4.79 Å². The Morgan fingerprint density at radius 3 is 2.58 bits per heavy atom. The van der Waals surface area contributed by atoms with Gasteiger partial charge < -0.3 is 4.90 Å². The van der Waals surface area contributed by atoms with Gasteiger partial charge in [0, 0.05) is 12.2 Å². The molecule has 8 heteroatoms. The molecule has 1 aromatic carbocycles. The van der Waals surface area contributed by atoms with Gasteiger partial charge in [0.25, 0.3) is 10.0 Å². The number of anilines is 1. The van der Waals surface area contributed by atoms with E-state index >= 15 is 0 Å². The molecular weight excluding hydrogens is 368 g/mol. The highest BCUT2D eigenvalue weighted by Crippen LogP contribution is 2.28. The summed E-state index contributed by atoms with van der Waals surface area (Å²) in [5.74, 6) is -0.232. The van der Waals surface area contributed by atoms with E-state index in [9.17, 15) is 13.2 Å². The molecule has 128 valence electrons. The van der Waals surface area contributed by atoms with Crippen molar-refractivity contribution in [2.24, 2.45) is 0 Å². The number of thiophene rings is 1. The van der Waals surface area contributed by atoms with E-state index in [0.717, 1.165) is 28.2 Å². The molecule has 1 amide bonds. The van der Waals surface area contributed by atoms with Crippen LogP contribution in [0.25, 0.3) is 0 Å². The fourth-order valence-electron chi connectivity index (χ4n) is 2.63. The minimum Gasteiger partial charge on any atom is -0.311 e. The molecule has 1 aromatic heterocycles. The number of hydrogen-bond donors (Lipinski definition) is 1. The van der Waals surface area contributed by atoms with E-state index in [4.69, 9.17) is 11.6 Å². The number of carbonyl (C=O) groups is 1. The zero-order valence-electron chi connectivity index (χ0n) is 13.2. The molecule has 0 unspecified atom stereocenters. The maximum absolute atomic E-state index is 12.6. The first-order chi connectivity index (χ1) is 11.3. The molecule has 5 nitrogen and oxygen atoms in total. The second-order valence-corrected chi connectivity index (χ2v) is 9.44. The molecule has 1 N–H and O–H groups in total. The van der Waals surface area contributed by atoms with Gasteiger partial charge in [0.1, 0.15) is 10.3 Å². The Hall–Kier alpha value is -1.41. The van der Waals surface area contributed by atoms with Crippen molar-refractivity contribution in [3.05, 3.63) is 45.8 Å². The Bertz CT molecular complexity index is 892. The number of aryl methyl sites for hydroxylation is 2. The van der Waals surface area contributed by atoms with Gasteiger partial charge in [-0.25, -0.2) is 8.42 Å². The van der Waals surface area contributed by atoms with Gasteiger partial charge >= 0.3 is 0 Å². The summed E-state index contributed by atoms with van der Waals surface area (Å²) < 4.78 is 27.7. The van der Waals surface area contributed by atoms with Gasteiger partial charge in [0.2, 0.25) is 5.91 Å². The number of sulfonamides is 1. The van der Waals surface area contributed by atoms with Gasteiger partial charge in [-0.15, -0.1) is 11.3 Å². The lowest BCUT2D eigenvalue weighted by Gasteiger charge is -2.18. The fraction of sp³-hybridized carbons (Fsp3) is 0.312. The SMILES string of the molecule is Cc1ccc(N2CC[C@H](NS(=O)(=O)c3ccc(Cl)s3)C2=O)cc1C. The van der Waals surface area contributed by atoms with Crippen molar-refractivity contribution in [1.82, 2.24) is 4.72 Å². The van der Waals surface area contributed by atoms with Crippen molar-refractivity contribution in [2.75, 3.05) is 11.4 Å². The van der Waals surface area contributed by atoms with Crippen LogP contribution in [0.1, 0.15) is 17.5 Å². The molecule has 2 heterocycles. The van der Waals surface area contributed by atoms with E-state index in [1.165, 1.54) is 12.1 Å². The van der Waals surface area contributed by atoms with Crippen LogP contribution in [0.5, 0.6) is 0 Å². The minimum absolute atomic E-state index is 0.116. The molecular formula is C16H17ClN2O3S2. The fourth-order valence-corrected chi connectivity index (χ4v) is 5.35. The monoisotopic (exact) mass is 384 g/mol. The second kappa shape index (κ2) is 6.48. The highest BCUT2D eigenvalue weighted by Gasteiger charge is 2.36. The third kappa shape index (κ3) is 3.35. The Labute approximate surface area is 150 Å². The molecule has 0 spiro atoms. The van der Waals surface area contributed by atoms with Crippen LogP contribution >= 0.6 is 22.9 Å². The average Bonchev–Trinajstić information content (AvgIpc) is 3.10. The van der Waals surface area contributed by atoms with Crippen LogP contribution < -0.4 is 9.62 Å². The number of nitrogens with one attached hydrogen (secondary N) is 1. The summed E-state index contributed by atoms with van der Waals surface area (Å²) in [6.07, 6.45) is 0.435. The summed E-state index contributed by atoms with van der Waals surface area (Å²) in [6, 6.07) is 8.01. The van der Waals surface area contributed by atoms with Crippen LogP contribution in [-0.2, 0) is 14.8 Å². The molecule has 2 aromatic rings. The average molecular weight is 385 g/mol. The maximum Gasteiger partial charge on any atom is 0.250 e. The molecule has 1 atom stereocenters. The Kier molecular flexibility index (Phi) is 4.70. The summed E-state index contributed by atoms with van der Waals surface area (Å²) in [5, 5.41) is 0. The maximum atomic E-state index is 12.6. The van der Waals surface area contributed by atoms with E-state index in [1.807, 2.05) is 32.0 Å². The number of rotatable bonds is 4. The lowest BCUT2D eigenvalue weighted by molar-refractivity contribution is -0.118. The predicted octanol–water partition coefficient (Wildman–Crippen LogP) is 3.10. The zero-order chi connectivity index (χ0) is 17.5. The number of nitrogens with zero attached hydrogens (tertiary/aromatic N) is 1. The topological polar surface area (TPSA) is 66.5 Å². The molecule has 24 heavy (non-hydrogen) atoms. The highest BCUT2D eigenvalue weighted by atomic mass is 35.5. The van der Waals surface area contributed by atoms with Crippen LogP contribution in [0.4, 0.5) is 5.69 Å². The van der Waals surface area contributed by atoms with E-state index in [2.05, 4.69) is 4.72 Å². The lowest BCUT2D eigenvalue weighted by Crippen LogP contribution is -2.41. The molecule has 0 radical (unpaired) electrons. The van der Waals surface area contributed by atoms with Crippen LogP contribution in [0.15, 0.2) is 34.5 Å². The number of carbonyl (C=O) groups excluding carboxylic acids is 1. The predicted molar refractivity (Wildman–Crippen MR) is 96.3 cm³/mol. The van der Waals surface area contributed by atoms with Crippen LogP contribution in [-0.4, -0.2) is 26.9 Å². The minimum atomic E-state index is -3.74. The Morgan fingerprint density at radius 2 is 1.96 bits per heavy atom. The van der Waals surface area contributed by atoms with E-state index < -0.39 is 16.1 Å². The van der Waals surface area contributed by atoms with Crippen molar-refractivity contribution in [1.29, 1.82) is 0 Å². The molecule has 1 fully saturated rings. The summed E-state index contributed by atoms with van der Waals surface area (Å²) in [6.45, 7) is 4.48. The number of amides is 1. The van der Waals surface area contributed by atoms with Gasteiger partial charge in [-0.2, -0.15) is 4.72 Å². The molecule has 1 aliphatic rings. The van der Waals surface area contributed by atoms with E-state index in [-0.39, 0.29) is 10.1 Å². The van der Waals surface area contributed by atoms with Crippen molar-refractivity contribution >= 4 is 44.6 Å². The van der Waals surface area contributed by atoms with E-state index in [0.29, 0.717) is 17.3 Å². The van der Waals surface area contributed by atoms with Gasteiger partial charge in [0.05, 0.1) is 4.34 Å². The molecule has 3 rings (SSSR count). The number of hydrogen-bond acceptors (Lipinski definition) is 4. The first-order valence-corrected chi connectivity index (χ1v) is 10.1. The second-order valence-electron chi connectivity index (χ2n) is 5.78. The molecule has 1 aliphatic heterocycles. The van der Waals surface area contributed by atoms with Gasteiger partial charge in [-0.1, -0.05) is 17.7 Å². The van der Waals surface area contributed by atoms with Crippen molar-refractivity contribution in [3.8, 4) is 0 Å². The summed E-state index contributed by atoms with van der Waals surface area (Å²) >= 11 is 6.76. The number of halogens is 1. The molecule has 0 saturated carbocycles. The first kappa shape index (κ1) is 17.4. The number of benzene rings is 1. The standard InChI is InChI=1S/C16H17ClN2O3S2/c1-10-3-4-12(9-11(10)2)19-8-7-13(16(19)20)18-24(21,22)15-6-5-14(17)23-15/h3-6,9,13,18H,7-8H2,1-2H3/t13-/m0/s1. The van der Waals surface area contributed by atoms with Gasteiger partial charge in [0.15, 0.2) is 0 Å². The van der Waals surface area contributed by atoms with E-state index in [1.54, 1.807) is 4.90 Å².